The molecule has 3 heterocycles. The van der Waals surface area contributed by atoms with Crippen molar-refractivity contribution < 1.29 is 23.1 Å². The molecule has 0 spiro atoms. The molecule has 1 fully saturated rings. The molecular weight excluding hydrogens is 416 g/mol. The number of hydrogen-bond acceptors (Lipinski definition) is 5. The first-order valence-electron chi connectivity index (χ1n) is 9.48. The molecule has 0 bridgehead atoms. The zero-order valence-electron chi connectivity index (χ0n) is 17.0. The number of alkyl halides is 3. The van der Waals surface area contributed by atoms with Crippen LogP contribution in [0.1, 0.15) is 19.2 Å². The van der Waals surface area contributed by atoms with Crippen molar-refractivity contribution in [2.45, 2.75) is 25.2 Å². The molecule has 30 heavy (non-hydrogen) atoms. The quantitative estimate of drug-likeness (QED) is 0.549. The molecule has 7 nitrogen and oxygen atoms in total. The van der Waals surface area contributed by atoms with Gasteiger partial charge in [-0.1, -0.05) is 6.92 Å². The van der Waals surface area contributed by atoms with Gasteiger partial charge >= 0.3 is 6.18 Å². The van der Waals surface area contributed by atoms with Gasteiger partial charge in [-0.05, 0) is 31.7 Å². The number of aromatic amines is 1. The molecule has 11 heteroatoms. The molecule has 2 atom stereocenters. The molecule has 0 radical (unpaired) electrons. The molecule has 1 saturated heterocycles. The summed E-state index contributed by atoms with van der Waals surface area (Å²) in [7, 11) is -2.23. The Kier molecular flexibility index (Phi) is 6.17. The first-order chi connectivity index (χ1) is 13.9. The van der Waals surface area contributed by atoms with E-state index in [9.17, 15) is 17.7 Å². The van der Waals surface area contributed by atoms with Gasteiger partial charge in [0.2, 0.25) is 0 Å². The summed E-state index contributed by atoms with van der Waals surface area (Å²) in [6.07, 6.45) is 1.18. The minimum Gasteiger partial charge on any atom is -0.355 e. The fourth-order valence-electron chi connectivity index (χ4n) is 3.44. The molecule has 2 aromatic heterocycles. The zero-order valence-corrected chi connectivity index (χ0v) is 17.9. The number of allylic oxidation sites excluding steroid dienone is 1. The van der Waals surface area contributed by atoms with Gasteiger partial charge < -0.3 is 14.4 Å². The summed E-state index contributed by atoms with van der Waals surface area (Å²) >= 11 is 0. The van der Waals surface area contributed by atoms with Crippen molar-refractivity contribution in [2.24, 2.45) is 5.92 Å². The Hall–Kier alpha value is -2.48. The molecule has 162 valence electrons. The average Bonchev–Trinajstić information content (AvgIpc) is 3.13. The smallest absolute Gasteiger partial charge is 0.355 e. The SMILES string of the molecule is CC1CC(P(C)(C)=O)CN(c2cc(-c3cnc(/C=C\C(=[NH2+])C(F)(F)F)[nH]3)ncn2)C1. The van der Waals surface area contributed by atoms with Crippen molar-refractivity contribution in [2.75, 3.05) is 31.3 Å². The van der Waals surface area contributed by atoms with E-state index in [0.29, 0.717) is 29.7 Å². The minimum atomic E-state index is -4.59. The van der Waals surface area contributed by atoms with Crippen LogP contribution in [0.25, 0.3) is 17.5 Å². The van der Waals surface area contributed by atoms with Crippen molar-refractivity contribution in [3.8, 4) is 11.4 Å². The van der Waals surface area contributed by atoms with Gasteiger partial charge in [-0.15, -0.1) is 0 Å². The molecule has 0 aliphatic carbocycles. The third-order valence-corrected chi connectivity index (χ3v) is 7.25. The van der Waals surface area contributed by atoms with Gasteiger partial charge in [0.1, 0.15) is 18.0 Å². The highest BCUT2D eigenvalue weighted by Gasteiger charge is 2.37. The van der Waals surface area contributed by atoms with Crippen LogP contribution in [-0.4, -0.2) is 63.9 Å². The largest absolute Gasteiger partial charge is 0.476 e. The van der Waals surface area contributed by atoms with Gasteiger partial charge in [0.25, 0.3) is 5.71 Å². The van der Waals surface area contributed by atoms with E-state index in [0.717, 1.165) is 25.1 Å². The number of nitrogens with zero attached hydrogens (tertiary/aromatic N) is 4. The molecule has 1 aliphatic rings. The molecule has 3 N–H and O–H groups in total. The first kappa shape index (κ1) is 22.2. The van der Waals surface area contributed by atoms with E-state index in [4.69, 9.17) is 5.41 Å². The Morgan fingerprint density at radius 3 is 2.70 bits per heavy atom. The zero-order chi connectivity index (χ0) is 22.1. The third kappa shape index (κ3) is 5.36. The molecule has 2 aromatic rings. The second-order valence-corrected chi connectivity index (χ2v) is 11.7. The van der Waals surface area contributed by atoms with Crippen LogP contribution in [0.15, 0.2) is 24.7 Å². The van der Waals surface area contributed by atoms with Crippen molar-refractivity contribution in [3.05, 3.63) is 30.5 Å². The van der Waals surface area contributed by atoms with Gasteiger partial charge in [-0.25, -0.2) is 15.0 Å². The maximum absolute atomic E-state index is 12.6. The van der Waals surface area contributed by atoms with Crippen LogP contribution in [0.3, 0.4) is 0 Å². The lowest BCUT2D eigenvalue weighted by Gasteiger charge is -2.38. The molecule has 0 amide bonds. The second-order valence-electron chi connectivity index (χ2n) is 8.06. The maximum Gasteiger partial charge on any atom is 0.476 e. The average molecular weight is 441 g/mol. The Balaban J connectivity index is 1.79. The number of anilines is 1. The number of imidazole rings is 1. The van der Waals surface area contributed by atoms with E-state index < -0.39 is 19.0 Å². The fourth-order valence-corrected chi connectivity index (χ4v) is 4.90. The summed E-state index contributed by atoms with van der Waals surface area (Å²) in [5.41, 5.74) is 0.00889. The number of aromatic nitrogens is 4. The lowest BCUT2D eigenvalue weighted by molar-refractivity contribution is -0.165. The highest BCUT2D eigenvalue weighted by atomic mass is 31.2. The van der Waals surface area contributed by atoms with Gasteiger partial charge in [-0.2, -0.15) is 13.2 Å². The second kappa shape index (κ2) is 8.34. The number of rotatable bonds is 5. The molecule has 2 unspecified atom stereocenters. The van der Waals surface area contributed by atoms with E-state index in [1.54, 1.807) is 6.07 Å². The number of H-pyrrole nitrogens is 1. The van der Waals surface area contributed by atoms with Crippen LogP contribution in [0, 0.1) is 5.92 Å². The highest BCUT2D eigenvalue weighted by molar-refractivity contribution is 7.63. The summed E-state index contributed by atoms with van der Waals surface area (Å²) in [5, 5.41) is 4.99. The predicted molar refractivity (Wildman–Crippen MR) is 111 cm³/mol. The van der Waals surface area contributed by atoms with Crippen molar-refractivity contribution in [1.29, 1.82) is 0 Å². The molecule has 0 aromatic carbocycles. The summed E-state index contributed by atoms with van der Waals surface area (Å²) in [4.78, 5) is 17.7. The Morgan fingerprint density at radius 2 is 2.03 bits per heavy atom. The molecule has 0 saturated carbocycles. The lowest BCUT2D eigenvalue weighted by atomic mass is 10.00. The fraction of sp³-hybridized carbons (Fsp3) is 0.474. The van der Waals surface area contributed by atoms with Crippen molar-refractivity contribution >= 4 is 24.7 Å². The summed E-state index contributed by atoms with van der Waals surface area (Å²) in [6.45, 7) is 7.24. The van der Waals surface area contributed by atoms with Gasteiger partial charge in [0.15, 0.2) is 0 Å². The van der Waals surface area contributed by atoms with Gasteiger partial charge in [0.05, 0.1) is 24.7 Å². The topological polar surface area (TPSA) is 100 Å². The summed E-state index contributed by atoms with van der Waals surface area (Å²) in [5.74, 6) is 1.32. The summed E-state index contributed by atoms with van der Waals surface area (Å²) < 4.78 is 50.1. The van der Waals surface area contributed by atoms with Crippen LogP contribution in [0.5, 0.6) is 0 Å². The predicted octanol–water partition coefficient (Wildman–Crippen LogP) is 2.48. The molecule has 1 aliphatic heterocycles. The van der Waals surface area contributed by atoms with Crippen LogP contribution < -0.4 is 10.3 Å². The third-order valence-electron chi connectivity index (χ3n) is 5.11. The van der Waals surface area contributed by atoms with Crippen molar-refractivity contribution in [1.82, 2.24) is 19.9 Å². The normalized spacial score (nSPS) is 20.7. The Bertz CT molecular complexity index is 996. The van der Waals surface area contributed by atoms with E-state index >= 15 is 0 Å². The van der Waals surface area contributed by atoms with E-state index in [-0.39, 0.29) is 11.5 Å². The number of nitrogens with two attached hydrogens (primary N) is 1. The van der Waals surface area contributed by atoms with Crippen molar-refractivity contribution in [3.63, 3.8) is 0 Å². The number of halogens is 3. The first-order valence-corrected chi connectivity index (χ1v) is 12.1. The number of nitrogens with one attached hydrogen (secondary N) is 1. The van der Waals surface area contributed by atoms with E-state index in [1.807, 2.05) is 13.3 Å². The van der Waals surface area contributed by atoms with E-state index in [1.165, 1.54) is 12.5 Å². The number of hydrogen-bond donors (Lipinski definition) is 2. The number of piperidine rings is 1. The van der Waals surface area contributed by atoms with Gasteiger partial charge in [0, 0.05) is 30.9 Å². The maximum atomic E-state index is 12.6. The van der Waals surface area contributed by atoms with Gasteiger partial charge in [-0.3, -0.25) is 5.41 Å². The monoisotopic (exact) mass is 441 g/mol. The molecular formula is C19H25F3N6OP+. The Labute approximate surface area is 172 Å². The van der Waals surface area contributed by atoms with Crippen LogP contribution in [0.4, 0.5) is 19.0 Å². The lowest BCUT2D eigenvalue weighted by Crippen LogP contribution is -2.47. The van der Waals surface area contributed by atoms with Crippen LogP contribution >= 0.6 is 7.14 Å². The minimum absolute atomic E-state index is 0.110. The van der Waals surface area contributed by atoms with E-state index in [2.05, 4.69) is 31.8 Å². The van der Waals surface area contributed by atoms with Crippen LogP contribution in [-0.2, 0) is 4.57 Å². The summed E-state index contributed by atoms with van der Waals surface area (Å²) in [6, 6.07) is 1.79. The standard InChI is InChI=1S/C19H24F3N6OP/c1-12-6-13(30(2,3)29)10-28(9-12)18-7-14(25-11-26-18)15-8-24-17(27-15)5-4-16(23)19(20,21)22/h4-5,7-8,11-13,23H,6,9-10H2,1-3H3,(H,24,27)/p+1/b5-4-,23-16?. The van der Waals surface area contributed by atoms with Crippen LogP contribution in [0.2, 0.25) is 0 Å². The molecule has 3 rings (SSSR count). The highest BCUT2D eigenvalue weighted by Crippen LogP contribution is 2.47. The Morgan fingerprint density at radius 1 is 1.30 bits per heavy atom.